The quantitative estimate of drug-likeness (QED) is 0.738. The van der Waals surface area contributed by atoms with Gasteiger partial charge in [0.2, 0.25) is 5.43 Å². The number of aryl methyl sites for hydroxylation is 2. The van der Waals surface area contributed by atoms with Crippen molar-refractivity contribution in [3.8, 4) is 0 Å². The zero-order chi connectivity index (χ0) is 17.7. The summed E-state index contributed by atoms with van der Waals surface area (Å²) in [7, 11) is 1.78. The number of likely N-dealkylation sites (tertiary alicyclic amines) is 1. The maximum Gasteiger partial charge on any atom is 0.407 e. The number of carbonyl (C=O) groups is 1. The molecule has 25 heavy (non-hydrogen) atoms. The SMILES string of the molecule is Cc1ccc2c(c1)c(=O)c1c(cnn1C)n2C1CCN(C(=O)O)CC1. The van der Waals surface area contributed by atoms with Crippen molar-refractivity contribution in [2.45, 2.75) is 25.8 Å². The van der Waals surface area contributed by atoms with Gasteiger partial charge in [-0.3, -0.25) is 9.48 Å². The van der Waals surface area contributed by atoms with E-state index in [0.717, 1.165) is 29.4 Å². The van der Waals surface area contributed by atoms with Gasteiger partial charge in [0.25, 0.3) is 0 Å². The molecule has 2 aromatic heterocycles. The number of hydrogen-bond acceptors (Lipinski definition) is 3. The van der Waals surface area contributed by atoms with Gasteiger partial charge in [0, 0.05) is 31.6 Å². The van der Waals surface area contributed by atoms with Gasteiger partial charge in [0.15, 0.2) is 0 Å². The van der Waals surface area contributed by atoms with E-state index < -0.39 is 6.09 Å². The molecule has 4 rings (SSSR count). The van der Waals surface area contributed by atoms with E-state index in [1.54, 1.807) is 17.9 Å². The predicted molar refractivity (Wildman–Crippen MR) is 95.1 cm³/mol. The zero-order valence-corrected chi connectivity index (χ0v) is 14.3. The van der Waals surface area contributed by atoms with Crippen LogP contribution in [0.3, 0.4) is 0 Å². The highest BCUT2D eigenvalue weighted by molar-refractivity contribution is 5.92. The van der Waals surface area contributed by atoms with Crippen molar-refractivity contribution < 1.29 is 9.90 Å². The molecule has 7 heteroatoms. The van der Waals surface area contributed by atoms with Crippen LogP contribution < -0.4 is 5.43 Å². The number of benzene rings is 1. The second-order valence-electron chi connectivity index (χ2n) is 6.72. The van der Waals surface area contributed by atoms with Crippen molar-refractivity contribution in [1.29, 1.82) is 0 Å². The largest absolute Gasteiger partial charge is 0.465 e. The Kier molecular flexibility index (Phi) is 3.52. The molecule has 1 aliphatic heterocycles. The molecular weight excluding hydrogens is 320 g/mol. The minimum absolute atomic E-state index is 0.00655. The van der Waals surface area contributed by atoms with E-state index in [2.05, 4.69) is 9.67 Å². The molecule has 7 nitrogen and oxygen atoms in total. The molecule has 0 saturated carbocycles. The Bertz CT molecular complexity index is 1040. The first-order chi connectivity index (χ1) is 12.0. The standard InChI is InChI=1S/C18H20N4O3/c1-11-3-4-14-13(9-11)17(23)16-15(10-19-20(16)2)22(14)12-5-7-21(8-6-12)18(24)25/h3-4,9-10,12H,5-8H2,1-2H3,(H,24,25). The first-order valence-corrected chi connectivity index (χ1v) is 8.42. The van der Waals surface area contributed by atoms with Gasteiger partial charge >= 0.3 is 6.09 Å². The Morgan fingerprint density at radius 2 is 1.96 bits per heavy atom. The summed E-state index contributed by atoms with van der Waals surface area (Å²) in [6, 6.07) is 6.06. The van der Waals surface area contributed by atoms with Crippen LogP contribution >= 0.6 is 0 Å². The molecule has 3 aromatic rings. The minimum Gasteiger partial charge on any atom is -0.465 e. The second-order valence-corrected chi connectivity index (χ2v) is 6.72. The lowest BCUT2D eigenvalue weighted by Crippen LogP contribution is -2.38. The Morgan fingerprint density at radius 3 is 2.64 bits per heavy atom. The highest BCUT2D eigenvalue weighted by Crippen LogP contribution is 2.30. The van der Waals surface area contributed by atoms with Crippen molar-refractivity contribution >= 4 is 28.0 Å². The van der Waals surface area contributed by atoms with Crippen molar-refractivity contribution in [2.75, 3.05) is 13.1 Å². The van der Waals surface area contributed by atoms with Gasteiger partial charge in [-0.1, -0.05) is 11.6 Å². The van der Waals surface area contributed by atoms with E-state index in [1.165, 1.54) is 4.90 Å². The fraction of sp³-hybridized carbons (Fsp3) is 0.389. The van der Waals surface area contributed by atoms with Crippen LogP contribution in [-0.4, -0.2) is 43.5 Å². The van der Waals surface area contributed by atoms with Gasteiger partial charge in [-0.05, 0) is 31.9 Å². The minimum atomic E-state index is -0.870. The third-order valence-corrected chi connectivity index (χ3v) is 5.15. The normalized spacial score (nSPS) is 16.0. The molecule has 1 aromatic carbocycles. The maximum atomic E-state index is 12.9. The first kappa shape index (κ1) is 15.7. The number of aromatic nitrogens is 3. The van der Waals surface area contributed by atoms with Crippen LogP contribution in [0.1, 0.15) is 24.4 Å². The second kappa shape index (κ2) is 5.61. The van der Waals surface area contributed by atoms with Crippen molar-refractivity contribution in [1.82, 2.24) is 19.2 Å². The number of rotatable bonds is 1. The third kappa shape index (κ3) is 2.38. The van der Waals surface area contributed by atoms with Crippen LogP contribution in [-0.2, 0) is 7.05 Å². The molecule has 0 aliphatic carbocycles. The first-order valence-electron chi connectivity index (χ1n) is 8.42. The molecule has 0 unspecified atom stereocenters. The number of piperidine rings is 1. The van der Waals surface area contributed by atoms with E-state index in [-0.39, 0.29) is 11.5 Å². The predicted octanol–water partition coefficient (Wildman–Crippen LogP) is 2.51. The van der Waals surface area contributed by atoms with E-state index in [1.807, 2.05) is 25.1 Å². The van der Waals surface area contributed by atoms with E-state index in [9.17, 15) is 14.7 Å². The lowest BCUT2D eigenvalue weighted by atomic mass is 10.0. The van der Waals surface area contributed by atoms with Gasteiger partial charge in [-0.15, -0.1) is 0 Å². The lowest BCUT2D eigenvalue weighted by molar-refractivity contribution is 0.126. The Balaban J connectivity index is 1.94. The number of pyridine rings is 1. The van der Waals surface area contributed by atoms with Gasteiger partial charge < -0.3 is 14.6 Å². The molecule has 3 heterocycles. The molecule has 0 spiro atoms. The molecule has 1 fully saturated rings. The summed E-state index contributed by atoms with van der Waals surface area (Å²) in [6.07, 6.45) is 2.31. The fourth-order valence-electron chi connectivity index (χ4n) is 3.87. The Hall–Kier alpha value is -2.83. The van der Waals surface area contributed by atoms with E-state index >= 15 is 0 Å². The van der Waals surface area contributed by atoms with Crippen LogP contribution in [0.15, 0.2) is 29.2 Å². The summed E-state index contributed by atoms with van der Waals surface area (Å²) in [5.41, 5.74) is 3.34. The molecule has 130 valence electrons. The highest BCUT2D eigenvalue weighted by Gasteiger charge is 2.26. The van der Waals surface area contributed by atoms with Crippen LogP contribution in [0.5, 0.6) is 0 Å². The van der Waals surface area contributed by atoms with Crippen LogP contribution in [0.4, 0.5) is 4.79 Å². The molecule has 0 radical (unpaired) electrons. The summed E-state index contributed by atoms with van der Waals surface area (Å²) in [4.78, 5) is 25.6. The summed E-state index contributed by atoms with van der Waals surface area (Å²) in [5, 5.41) is 14.2. The van der Waals surface area contributed by atoms with E-state index in [0.29, 0.717) is 24.0 Å². The summed E-state index contributed by atoms with van der Waals surface area (Å²) in [6.45, 7) is 2.98. The maximum absolute atomic E-state index is 12.9. The molecule has 1 amide bonds. The number of carboxylic acid groups (broad SMARTS) is 1. The number of hydrogen-bond donors (Lipinski definition) is 1. The van der Waals surface area contributed by atoms with Crippen molar-refractivity contribution in [3.63, 3.8) is 0 Å². The van der Waals surface area contributed by atoms with Crippen LogP contribution in [0, 0.1) is 6.92 Å². The third-order valence-electron chi connectivity index (χ3n) is 5.15. The van der Waals surface area contributed by atoms with Gasteiger partial charge in [-0.25, -0.2) is 4.79 Å². The summed E-state index contributed by atoms with van der Waals surface area (Å²) < 4.78 is 3.81. The Morgan fingerprint density at radius 1 is 1.24 bits per heavy atom. The summed E-state index contributed by atoms with van der Waals surface area (Å²) in [5.74, 6) is 0. The number of nitrogens with zero attached hydrogens (tertiary/aromatic N) is 4. The van der Waals surface area contributed by atoms with Gasteiger partial charge in [0.1, 0.15) is 5.52 Å². The Labute approximate surface area is 144 Å². The fourth-order valence-corrected chi connectivity index (χ4v) is 3.87. The number of amides is 1. The zero-order valence-electron chi connectivity index (χ0n) is 14.3. The molecule has 1 N–H and O–H groups in total. The summed E-state index contributed by atoms with van der Waals surface area (Å²) >= 11 is 0. The molecular formula is C18H20N4O3. The lowest BCUT2D eigenvalue weighted by Gasteiger charge is -2.32. The van der Waals surface area contributed by atoms with Crippen LogP contribution in [0.25, 0.3) is 21.9 Å². The molecule has 1 aliphatic rings. The molecule has 1 saturated heterocycles. The van der Waals surface area contributed by atoms with Crippen LogP contribution in [0.2, 0.25) is 0 Å². The average Bonchev–Trinajstić information content (AvgIpc) is 2.98. The van der Waals surface area contributed by atoms with Gasteiger partial charge in [-0.2, -0.15) is 5.10 Å². The number of fused-ring (bicyclic) bond motifs is 2. The highest BCUT2D eigenvalue weighted by atomic mass is 16.4. The smallest absolute Gasteiger partial charge is 0.407 e. The average molecular weight is 340 g/mol. The topological polar surface area (TPSA) is 80.4 Å². The van der Waals surface area contributed by atoms with Gasteiger partial charge in [0.05, 0.1) is 17.2 Å². The monoisotopic (exact) mass is 340 g/mol. The molecule has 0 bridgehead atoms. The van der Waals surface area contributed by atoms with Crippen molar-refractivity contribution in [3.05, 3.63) is 40.2 Å². The van der Waals surface area contributed by atoms with Crippen molar-refractivity contribution in [2.24, 2.45) is 7.05 Å². The molecule has 0 atom stereocenters. The van der Waals surface area contributed by atoms with E-state index in [4.69, 9.17) is 0 Å².